The van der Waals surface area contributed by atoms with Gasteiger partial charge in [0.2, 0.25) is 0 Å². The molecule has 0 spiro atoms. The summed E-state index contributed by atoms with van der Waals surface area (Å²) in [4.78, 5) is 10.5. The van der Waals surface area contributed by atoms with Crippen molar-refractivity contribution in [3.8, 4) is 5.69 Å². The number of hydrogen-bond acceptors (Lipinski definition) is 2. The molecule has 0 radical (unpaired) electrons. The first-order valence-electron chi connectivity index (χ1n) is 5.11. The number of nitrogens with zero attached hydrogens (tertiary/aromatic N) is 2. The molecule has 1 aromatic heterocycles. The maximum absolute atomic E-state index is 12.5. The van der Waals surface area contributed by atoms with Gasteiger partial charge in [0.05, 0.1) is 5.69 Å². The van der Waals surface area contributed by atoms with Crippen LogP contribution in [-0.2, 0) is 6.18 Å². The molecular weight excluding hydrogens is 245 g/mol. The number of hydrogen-bond donors (Lipinski definition) is 0. The first kappa shape index (κ1) is 12.3. The van der Waals surface area contributed by atoms with E-state index in [2.05, 4.69) is 5.10 Å². The van der Waals surface area contributed by atoms with E-state index in [1.807, 2.05) is 0 Å². The molecule has 6 heteroatoms. The number of aryl methyl sites for hydroxylation is 1. The zero-order valence-corrected chi connectivity index (χ0v) is 9.40. The number of rotatable bonds is 2. The first-order chi connectivity index (χ1) is 8.41. The number of carbonyl (C=O) groups excluding carboxylic acids is 1. The van der Waals surface area contributed by atoms with Crippen LogP contribution in [0.15, 0.2) is 30.3 Å². The summed E-state index contributed by atoms with van der Waals surface area (Å²) in [6.45, 7) is 1.54. The Morgan fingerprint density at radius 3 is 2.28 bits per heavy atom. The molecule has 0 N–H and O–H groups in total. The van der Waals surface area contributed by atoms with Gasteiger partial charge in [-0.1, -0.05) is 0 Å². The lowest BCUT2D eigenvalue weighted by Crippen LogP contribution is -2.07. The topological polar surface area (TPSA) is 34.9 Å². The largest absolute Gasteiger partial charge is 0.435 e. The van der Waals surface area contributed by atoms with E-state index >= 15 is 0 Å². The zero-order chi connectivity index (χ0) is 13.3. The summed E-state index contributed by atoms with van der Waals surface area (Å²) in [5, 5.41) is 3.51. The predicted octanol–water partition coefficient (Wildman–Crippen LogP) is 3.01. The smallest absolute Gasteiger partial charge is 0.298 e. The Hall–Kier alpha value is -2.11. The van der Waals surface area contributed by atoms with Crippen molar-refractivity contribution in [3.05, 3.63) is 47.3 Å². The second-order valence-corrected chi connectivity index (χ2v) is 3.79. The van der Waals surface area contributed by atoms with E-state index in [0.717, 1.165) is 6.07 Å². The molecule has 0 aliphatic heterocycles. The Kier molecular flexibility index (Phi) is 2.94. The molecule has 3 nitrogen and oxygen atoms in total. The fourth-order valence-electron chi connectivity index (χ4n) is 1.57. The number of carbonyl (C=O) groups is 1. The summed E-state index contributed by atoms with van der Waals surface area (Å²) in [6.07, 6.45) is -3.79. The lowest BCUT2D eigenvalue weighted by molar-refractivity contribution is -0.141. The van der Waals surface area contributed by atoms with Gasteiger partial charge >= 0.3 is 6.18 Å². The molecule has 2 aromatic rings. The van der Waals surface area contributed by atoms with Crippen LogP contribution in [0.25, 0.3) is 5.69 Å². The fourth-order valence-corrected chi connectivity index (χ4v) is 1.57. The number of benzene rings is 1. The first-order valence-corrected chi connectivity index (χ1v) is 5.11. The minimum absolute atomic E-state index is 0.376. The minimum atomic E-state index is -4.46. The van der Waals surface area contributed by atoms with Crippen molar-refractivity contribution in [2.75, 3.05) is 0 Å². The third kappa shape index (κ3) is 2.27. The molecule has 94 valence electrons. The number of aromatic nitrogens is 2. The second kappa shape index (κ2) is 4.29. The van der Waals surface area contributed by atoms with Crippen LogP contribution >= 0.6 is 0 Å². The average Bonchev–Trinajstić information content (AvgIpc) is 2.71. The molecule has 0 aliphatic rings. The van der Waals surface area contributed by atoms with Crippen LogP contribution in [0.3, 0.4) is 0 Å². The predicted molar refractivity (Wildman–Crippen MR) is 58.7 cm³/mol. The highest BCUT2D eigenvalue weighted by molar-refractivity contribution is 5.75. The third-order valence-electron chi connectivity index (χ3n) is 2.45. The summed E-state index contributed by atoms with van der Waals surface area (Å²) >= 11 is 0. The molecule has 0 saturated carbocycles. The SMILES string of the molecule is Cc1cc(C(F)(F)F)nn1-c1ccc(C=O)cc1. The quantitative estimate of drug-likeness (QED) is 0.772. The van der Waals surface area contributed by atoms with Crippen LogP contribution in [0.1, 0.15) is 21.7 Å². The van der Waals surface area contributed by atoms with E-state index in [-0.39, 0.29) is 0 Å². The van der Waals surface area contributed by atoms with Crippen molar-refractivity contribution in [1.82, 2.24) is 9.78 Å². The van der Waals surface area contributed by atoms with E-state index < -0.39 is 11.9 Å². The average molecular weight is 254 g/mol. The number of alkyl halides is 3. The maximum Gasteiger partial charge on any atom is 0.435 e. The Bertz CT molecular complexity index is 570. The summed E-state index contributed by atoms with van der Waals surface area (Å²) in [5.41, 5.74) is 0.383. The van der Waals surface area contributed by atoms with Crippen molar-refractivity contribution in [1.29, 1.82) is 0 Å². The zero-order valence-electron chi connectivity index (χ0n) is 9.40. The summed E-state index contributed by atoms with van der Waals surface area (Å²) in [7, 11) is 0. The Labute approximate surface area is 101 Å². The maximum atomic E-state index is 12.5. The van der Waals surface area contributed by atoms with Gasteiger partial charge in [0.25, 0.3) is 0 Å². The van der Waals surface area contributed by atoms with E-state index in [9.17, 15) is 18.0 Å². The monoisotopic (exact) mass is 254 g/mol. The second-order valence-electron chi connectivity index (χ2n) is 3.79. The van der Waals surface area contributed by atoms with Gasteiger partial charge in [-0.3, -0.25) is 4.79 Å². The molecule has 0 bridgehead atoms. The van der Waals surface area contributed by atoms with Crippen LogP contribution in [0.4, 0.5) is 13.2 Å². The molecule has 0 saturated heterocycles. The lowest BCUT2D eigenvalue weighted by Gasteiger charge is -2.04. The van der Waals surface area contributed by atoms with Crippen molar-refractivity contribution in [3.63, 3.8) is 0 Å². The molecule has 0 amide bonds. The van der Waals surface area contributed by atoms with Crippen LogP contribution in [0.5, 0.6) is 0 Å². The lowest BCUT2D eigenvalue weighted by atomic mass is 10.2. The van der Waals surface area contributed by atoms with Gasteiger partial charge in [-0.2, -0.15) is 18.3 Å². The van der Waals surface area contributed by atoms with Crippen LogP contribution in [0, 0.1) is 6.92 Å². The fraction of sp³-hybridized carbons (Fsp3) is 0.167. The van der Waals surface area contributed by atoms with Crippen molar-refractivity contribution in [2.24, 2.45) is 0 Å². The van der Waals surface area contributed by atoms with Gasteiger partial charge < -0.3 is 0 Å². The van der Waals surface area contributed by atoms with Crippen LogP contribution in [0.2, 0.25) is 0 Å². The molecule has 0 unspecified atom stereocenters. The Morgan fingerprint density at radius 1 is 1.22 bits per heavy atom. The summed E-state index contributed by atoms with van der Waals surface area (Å²) in [5.74, 6) is 0. The normalized spacial score (nSPS) is 11.6. The molecule has 2 rings (SSSR count). The summed E-state index contributed by atoms with van der Waals surface area (Å²) in [6, 6.07) is 7.12. The minimum Gasteiger partial charge on any atom is -0.298 e. The van der Waals surface area contributed by atoms with Gasteiger partial charge in [0.1, 0.15) is 6.29 Å². The molecular formula is C12H9F3N2O. The van der Waals surface area contributed by atoms with Gasteiger partial charge in [0, 0.05) is 11.3 Å². The highest BCUT2D eigenvalue weighted by Crippen LogP contribution is 2.29. The van der Waals surface area contributed by atoms with Crippen molar-refractivity contribution < 1.29 is 18.0 Å². The molecule has 0 atom stereocenters. The van der Waals surface area contributed by atoms with Crippen molar-refractivity contribution >= 4 is 6.29 Å². The molecule has 18 heavy (non-hydrogen) atoms. The van der Waals surface area contributed by atoms with Gasteiger partial charge in [-0.15, -0.1) is 0 Å². The molecule has 0 fully saturated rings. The highest BCUT2D eigenvalue weighted by Gasteiger charge is 2.34. The van der Waals surface area contributed by atoms with Crippen LogP contribution in [-0.4, -0.2) is 16.1 Å². The Morgan fingerprint density at radius 2 is 1.83 bits per heavy atom. The van der Waals surface area contributed by atoms with Crippen molar-refractivity contribution in [2.45, 2.75) is 13.1 Å². The van der Waals surface area contributed by atoms with E-state index in [1.165, 1.54) is 23.7 Å². The molecule has 1 aromatic carbocycles. The molecule has 1 heterocycles. The third-order valence-corrected chi connectivity index (χ3v) is 2.45. The van der Waals surface area contributed by atoms with Gasteiger partial charge in [-0.25, -0.2) is 4.68 Å². The van der Waals surface area contributed by atoms with Crippen LogP contribution < -0.4 is 0 Å². The van der Waals surface area contributed by atoms with E-state index in [4.69, 9.17) is 0 Å². The standard InChI is InChI=1S/C12H9F3N2O/c1-8-6-11(12(13,14)15)16-17(8)10-4-2-9(7-18)3-5-10/h2-7H,1H3. The number of halogens is 3. The van der Waals surface area contributed by atoms with E-state index in [0.29, 0.717) is 23.2 Å². The summed E-state index contributed by atoms with van der Waals surface area (Å²) < 4.78 is 38.7. The highest BCUT2D eigenvalue weighted by atomic mass is 19.4. The van der Waals surface area contributed by atoms with Gasteiger partial charge in [0.15, 0.2) is 5.69 Å². The van der Waals surface area contributed by atoms with Gasteiger partial charge in [-0.05, 0) is 37.3 Å². The van der Waals surface area contributed by atoms with E-state index in [1.54, 1.807) is 12.1 Å². The number of aldehydes is 1. The molecule has 0 aliphatic carbocycles. The Balaban J connectivity index is 2.44.